The van der Waals surface area contributed by atoms with Crippen LogP contribution in [0.15, 0.2) is 41.5 Å². The molecule has 3 aromatic heterocycles. The fourth-order valence-electron chi connectivity index (χ4n) is 4.91. The Bertz CT molecular complexity index is 1560. The average Bonchev–Trinajstić information content (AvgIpc) is 3.46. The van der Waals surface area contributed by atoms with Gasteiger partial charge >= 0.3 is 0 Å². The van der Waals surface area contributed by atoms with Crippen LogP contribution in [0.1, 0.15) is 37.3 Å². The summed E-state index contributed by atoms with van der Waals surface area (Å²) < 4.78 is 24.5. The van der Waals surface area contributed by atoms with Gasteiger partial charge in [-0.3, -0.25) is 14.0 Å². The first kappa shape index (κ1) is 23.1. The van der Waals surface area contributed by atoms with E-state index in [0.29, 0.717) is 53.0 Å². The van der Waals surface area contributed by atoms with Crippen LogP contribution in [-0.2, 0) is 24.2 Å². The second-order valence-electron chi connectivity index (χ2n) is 9.96. The fraction of sp³-hybridized carbons (Fsp3) is 0.385. The minimum atomic E-state index is -0.509. The lowest BCUT2D eigenvalue weighted by Crippen LogP contribution is -2.39. The van der Waals surface area contributed by atoms with E-state index in [9.17, 15) is 4.79 Å². The summed E-state index contributed by atoms with van der Waals surface area (Å²) in [4.78, 5) is 25.5. The van der Waals surface area contributed by atoms with E-state index < -0.39 is 5.82 Å². The predicted octanol–water partition coefficient (Wildman–Crippen LogP) is 4.15. The van der Waals surface area contributed by atoms with Crippen LogP contribution in [0.5, 0.6) is 0 Å². The van der Waals surface area contributed by atoms with Gasteiger partial charge in [-0.25, -0.2) is 14.4 Å². The van der Waals surface area contributed by atoms with Crippen molar-refractivity contribution in [1.29, 1.82) is 0 Å². The minimum Gasteiger partial charge on any atom is -0.370 e. The third-order valence-corrected chi connectivity index (χ3v) is 7.50. The van der Waals surface area contributed by atoms with Gasteiger partial charge in [0, 0.05) is 54.9 Å². The van der Waals surface area contributed by atoms with E-state index >= 15 is 4.39 Å². The highest BCUT2D eigenvalue weighted by Gasteiger charge is 2.43. The van der Waals surface area contributed by atoms with Crippen molar-refractivity contribution in [3.63, 3.8) is 0 Å². The molecule has 0 bridgehead atoms. The molecule has 1 aromatic carbocycles. The number of aromatic nitrogens is 5. The van der Waals surface area contributed by atoms with E-state index in [1.54, 1.807) is 40.7 Å². The van der Waals surface area contributed by atoms with E-state index in [-0.39, 0.29) is 22.6 Å². The van der Waals surface area contributed by atoms with Gasteiger partial charge < -0.3 is 9.64 Å². The normalized spacial score (nSPS) is 19.1. The molecule has 0 radical (unpaired) electrons. The number of hydrogen-bond acceptors (Lipinski definition) is 6. The van der Waals surface area contributed by atoms with Crippen molar-refractivity contribution < 1.29 is 9.13 Å². The molecule has 1 atom stereocenters. The molecule has 1 aliphatic carbocycles. The molecular weight excluding hydrogens is 483 g/mol. The molecule has 36 heavy (non-hydrogen) atoms. The zero-order chi connectivity index (χ0) is 25.2. The van der Waals surface area contributed by atoms with Gasteiger partial charge in [-0.1, -0.05) is 18.5 Å². The van der Waals surface area contributed by atoms with Gasteiger partial charge in [0.2, 0.25) is 0 Å². The molecule has 1 saturated heterocycles. The van der Waals surface area contributed by atoms with Crippen molar-refractivity contribution in [3.8, 4) is 11.3 Å². The number of morpholine rings is 1. The maximum Gasteiger partial charge on any atom is 0.261 e. The van der Waals surface area contributed by atoms with Gasteiger partial charge in [0.05, 0.1) is 18.2 Å². The van der Waals surface area contributed by atoms with Gasteiger partial charge in [-0.05, 0) is 37.1 Å². The number of halogens is 2. The Hall–Kier alpha value is -3.30. The van der Waals surface area contributed by atoms with Crippen molar-refractivity contribution >= 4 is 28.3 Å². The van der Waals surface area contributed by atoms with E-state index in [1.807, 2.05) is 13.2 Å². The quantitative estimate of drug-likeness (QED) is 0.412. The Morgan fingerprint density at radius 3 is 2.69 bits per heavy atom. The summed E-state index contributed by atoms with van der Waals surface area (Å²) in [6.45, 7) is 3.69. The molecule has 1 aliphatic heterocycles. The Morgan fingerprint density at radius 2 is 2.00 bits per heavy atom. The largest absolute Gasteiger partial charge is 0.370 e. The average molecular weight is 509 g/mol. The number of ether oxygens (including phenoxy) is 1. The van der Waals surface area contributed by atoms with Gasteiger partial charge in [-0.2, -0.15) is 5.10 Å². The molecule has 0 N–H and O–H groups in total. The minimum absolute atomic E-state index is 0.155. The number of benzene rings is 1. The van der Waals surface area contributed by atoms with Crippen molar-refractivity contribution in [3.05, 3.63) is 69.2 Å². The van der Waals surface area contributed by atoms with Crippen LogP contribution >= 0.6 is 11.6 Å². The van der Waals surface area contributed by atoms with Gasteiger partial charge in [0.25, 0.3) is 5.56 Å². The van der Waals surface area contributed by atoms with Crippen LogP contribution in [0.2, 0.25) is 5.02 Å². The summed E-state index contributed by atoms with van der Waals surface area (Å²) in [5, 5.41) is 4.95. The van der Waals surface area contributed by atoms with Crippen LogP contribution in [0.3, 0.4) is 0 Å². The van der Waals surface area contributed by atoms with E-state index in [0.717, 1.165) is 18.4 Å². The summed E-state index contributed by atoms with van der Waals surface area (Å²) >= 11 is 6.03. The zero-order valence-corrected chi connectivity index (χ0v) is 21.1. The SMILES string of the molecule is Cn1cc([C@@H]2CN(c3cc4c(=O)n(C)c(C5(C)CC5)nc4c(-c4ccc(Cl)cc4F)n3)CCO2)cn1. The standard InChI is InChI=1S/C26H26ClFN6O2/c1-26(6-7-26)25-31-23-18(24(35)33(25)3)11-21(30-22(23)17-5-4-16(27)10-19(17)28)34-8-9-36-20(14-34)15-12-29-32(2)13-15/h4-5,10-13,20H,6-9,14H2,1-3H3/t20-/m0/s1. The molecule has 6 rings (SSSR count). The maximum atomic E-state index is 15.2. The second-order valence-corrected chi connectivity index (χ2v) is 10.4. The molecule has 10 heteroatoms. The molecule has 2 fully saturated rings. The highest BCUT2D eigenvalue weighted by molar-refractivity contribution is 6.30. The molecule has 186 valence electrons. The van der Waals surface area contributed by atoms with Crippen molar-refractivity contribution in [2.75, 3.05) is 24.6 Å². The molecule has 4 aromatic rings. The first-order valence-corrected chi connectivity index (χ1v) is 12.3. The van der Waals surface area contributed by atoms with Crippen LogP contribution < -0.4 is 10.5 Å². The predicted molar refractivity (Wildman–Crippen MR) is 136 cm³/mol. The number of hydrogen-bond donors (Lipinski definition) is 0. The summed E-state index contributed by atoms with van der Waals surface area (Å²) in [6.07, 6.45) is 5.43. The molecule has 1 saturated carbocycles. The summed E-state index contributed by atoms with van der Waals surface area (Å²) in [5.41, 5.74) is 1.65. The number of pyridine rings is 1. The molecule has 0 spiro atoms. The summed E-state index contributed by atoms with van der Waals surface area (Å²) in [6, 6.07) is 6.25. The third-order valence-electron chi connectivity index (χ3n) is 7.26. The van der Waals surface area contributed by atoms with Crippen LogP contribution in [0.4, 0.5) is 10.2 Å². The number of fused-ring (bicyclic) bond motifs is 1. The topological polar surface area (TPSA) is 78.1 Å². The highest BCUT2D eigenvalue weighted by Crippen LogP contribution is 2.46. The molecule has 8 nitrogen and oxygen atoms in total. The van der Waals surface area contributed by atoms with E-state index in [2.05, 4.69) is 16.9 Å². The summed E-state index contributed by atoms with van der Waals surface area (Å²) in [7, 11) is 3.62. The zero-order valence-electron chi connectivity index (χ0n) is 20.3. The molecular formula is C26H26ClFN6O2. The lowest BCUT2D eigenvalue weighted by molar-refractivity contribution is 0.0395. The molecule has 2 aliphatic rings. The number of aryl methyl sites for hydroxylation is 1. The maximum absolute atomic E-state index is 15.2. The summed E-state index contributed by atoms with van der Waals surface area (Å²) in [5.74, 6) is 0.770. The first-order chi connectivity index (χ1) is 17.2. The Morgan fingerprint density at radius 1 is 1.19 bits per heavy atom. The third kappa shape index (κ3) is 3.87. The van der Waals surface area contributed by atoms with Crippen molar-refractivity contribution in [2.24, 2.45) is 14.1 Å². The van der Waals surface area contributed by atoms with Crippen molar-refractivity contribution in [2.45, 2.75) is 31.3 Å². The number of rotatable bonds is 4. The second kappa shape index (κ2) is 8.38. The Kier molecular flexibility index (Phi) is 5.38. The van der Waals surface area contributed by atoms with Gasteiger partial charge in [-0.15, -0.1) is 0 Å². The van der Waals surface area contributed by atoms with Crippen molar-refractivity contribution in [1.82, 2.24) is 24.3 Å². The fourth-order valence-corrected chi connectivity index (χ4v) is 5.07. The monoisotopic (exact) mass is 508 g/mol. The first-order valence-electron chi connectivity index (χ1n) is 12.0. The van der Waals surface area contributed by atoms with Crippen LogP contribution in [-0.4, -0.2) is 44.0 Å². The van der Waals surface area contributed by atoms with Crippen LogP contribution in [0, 0.1) is 5.82 Å². The van der Waals surface area contributed by atoms with E-state index in [4.69, 9.17) is 26.3 Å². The molecule has 0 amide bonds. The lowest BCUT2D eigenvalue weighted by atomic mass is 10.1. The highest BCUT2D eigenvalue weighted by atomic mass is 35.5. The van der Waals surface area contributed by atoms with Crippen LogP contribution in [0.25, 0.3) is 22.2 Å². The number of nitrogens with zero attached hydrogens (tertiary/aromatic N) is 6. The van der Waals surface area contributed by atoms with Gasteiger partial charge in [0.1, 0.15) is 34.8 Å². The smallest absolute Gasteiger partial charge is 0.261 e. The van der Waals surface area contributed by atoms with E-state index in [1.165, 1.54) is 6.07 Å². The Balaban J connectivity index is 1.53. The van der Waals surface area contributed by atoms with Gasteiger partial charge in [0.15, 0.2) is 0 Å². The lowest BCUT2D eigenvalue weighted by Gasteiger charge is -2.33. The molecule has 0 unspecified atom stereocenters. The Labute approximate surface area is 212 Å². The molecule has 4 heterocycles. The number of anilines is 1.